The molecular formula is C16H14N2O2. The number of rotatable bonds is 4. The van der Waals surface area contributed by atoms with Crippen LogP contribution in [0.1, 0.15) is 21.9 Å². The average Bonchev–Trinajstić information content (AvgIpc) is 2.86. The second-order valence-electron chi connectivity index (χ2n) is 4.54. The maximum Gasteiger partial charge on any atom is 0.170 e. The lowest BCUT2D eigenvalue weighted by Gasteiger charge is -2.05. The Labute approximate surface area is 116 Å². The molecule has 0 bridgehead atoms. The van der Waals surface area contributed by atoms with E-state index in [-0.39, 0.29) is 0 Å². The Kier molecular flexibility index (Phi) is 3.21. The van der Waals surface area contributed by atoms with Gasteiger partial charge in [-0.15, -0.1) is 0 Å². The van der Waals surface area contributed by atoms with E-state index in [1.54, 1.807) is 0 Å². The molecule has 0 saturated carbocycles. The predicted molar refractivity (Wildman–Crippen MR) is 76.1 cm³/mol. The summed E-state index contributed by atoms with van der Waals surface area (Å²) in [5.41, 5.74) is 2.32. The number of aromatic nitrogens is 2. The Balaban J connectivity index is 1.96. The van der Waals surface area contributed by atoms with Crippen molar-refractivity contribution in [2.45, 2.75) is 13.5 Å². The molecule has 3 rings (SSSR count). The van der Waals surface area contributed by atoms with Gasteiger partial charge in [-0.05, 0) is 30.7 Å². The molecule has 0 saturated heterocycles. The molecule has 0 unspecified atom stereocenters. The largest absolute Gasteiger partial charge is 0.486 e. The van der Waals surface area contributed by atoms with Crippen LogP contribution in [0.25, 0.3) is 5.52 Å². The summed E-state index contributed by atoms with van der Waals surface area (Å²) in [5.74, 6) is 1.50. The molecule has 100 valence electrons. The van der Waals surface area contributed by atoms with Crippen LogP contribution in [0.2, 0.25) is 0 Å². The molecule has 0 N–H and O–H groups in total. The molecule has 0 amide bonds. The fraction of sp³-hybridized carbons (Fsp3) is 0.125. The first-order valence-corrected chi connectivity index (χ1v) is 6.39. The summed E-state index contributed by atoms with van der Waals surface area (Å²) < 4.78 is 7.60. The van der Waals surface area contributed by atoms with Crippen LogP contribution in [-0.2, 0) is 6.61 Å². The van der Waals surface area contributed by atoms with Gasteiger partial charge in [0.25, 0.3) is 0 Å². The van der Waals surface area contributed by atoms with Gasteiger partial charge in [0.05, 0.1) is 5.52 Å². The lowest BCUT2D eigenvalue weighted by molar-refractivity contribution is 0.112. The van der Waals surface area contributed by atoms with Gasteiger partial charge in [-0.1, -0.05) is 24.3 Å². The van der Waals surface area contributed by atoms with Crippen molar-refractivity contribution < 1.29 is 9.53 Å². The van der Waals surface area contributed by atoms with Gasteiger partial charge in [0.15, 0.2) is 12.1 Å². The summed E-state index contributed by atoms with van der Waals surface area (Å²) in [6.45, 7) is 2.29. The summed E-state index contributed by atoms with van der Waals surface area (Å²) in [7, 11) is 0. The average molecular weight is 266 g/mol. The van der Waals surface area contributed by atoms with Gasteiger partial charge in [-0.3, -0.25) is 9.20 Å². The Morgan fingerprint density at radius 2 is 2.00 bits per heavy atom. The molecule has 0 atom stereocenters. The Morgan fingerprint density at radius 1 is 1.20 bits per heavy atom. The van der Waals surface area contributed by atoms with Gasteiger partial charge in [0.2, 0.25) is 0 Å². The molecule has 0 spiro atoms. The highest BCUT2D eigenvalue weighted by Crippen LogP contribution is 2.18. The lowest BCUT2D eigenvalue weighted by atomic mass is 10.2. The summed E-state index contributed by atoms with van der Waals surface area (Å²) >= 11 is 0. The van der Waals surface area contributed by atoms with Crippen LogP contribution in [0.4, 0.5) is 0 Å². The molecule has 0 fully saturated rings. The van der Waals surface area contributed by atoms with Crippen molar-refractivity contribution in [3.05, 3.63) is 65.7 Å². The maximum absolute atomic E-state index is 11.1. The third-order valence-electron chi connectivity index (χ3n) is 3.19. The van der Waals surface area contributed by atoms with Crippen molar-refractivity contribution in [1.29, 1.82) is 0 Å². The minimum Gasteiger partial charge on any atom is -0.486 e. The number of aryl methyl sites for hydroxylation is 1. The Hall–Kier alpha value is -2.62. The fourth-order valence-electron chi connectivity index (χ4n) is 2.25. The summed E-state index contributed by atoms with van der Waals surface area (Å²) in [6.07, 6.45) is 2.68. The number of fused-ring (bicyclic) bond motifs is 1. The van der Waals surface area contributed by atoms with E-state index < -0.39 is 0 Å². The van der Waals surface area contributed by atoms with E-state index in [4.69, 9.17) is 4.74 Å². The number of carbonyl (C=O) groups is 1. The van der Waals surface area contributed by atoms with Crippen LogP contribution >= 0.6 is 0 Å². The topological polar surface area (TPSA) is 43.6 Å². The van der Waals surface area contributed by atoms with Crippen LogP contribution in [0.15, 0.2) is 48.7 Å². The third kappa shape index (κ3) is 2.16. The third-order valence-corrected chi connectivity index (χ3v) is 3.19. The molecule has 2 heterocycles. The van der Waals surface area contributed by atoms with Gasteiger partial charge in [0, 0.05) is 6.20 Å². The highest BCUT2D eigenvalue weighted by molar-refractivity contribution is 5.85. The van der Waals surface area contributed by atoms with E-state index in [1.165, 1.54) is 0 Å². The van der Waals surface area contributed by atoms with Gasteiger partial charge in [-0.25, -0.2) is 4.98 Å². The SMILES string of the molecule is Cc1cccn2c(COc3ccccc3)nc(C=O)c12. The fourth-order valence-corrected chi connectivity index (χ4v) is 2.25. The van der Waals surface area contributed by atoms with E-state index in [0.717, 1.165) is 28.9 Å². The van der Waals surface area contributed by atoms with Crippen molar-refractivity contribution in [2.24, 2.45) is 0 Å². The van der Waals surface area contributed by atoms with Gasteiger partial charge < -0.3 is 4.74 Å². The smallest absolute Gasteiger partial charge is 0.170 e. The van der Waals surface area contributed by atoms with E-state index in [1.807, 2.05) is 60.0 Å². The predicted octanol–water partition coefficient (Wildman–Crippen LogP) is 3.03. The summed E-state index contributed by atoms with van der Waals surface area (Å²) in [6, 6.07) is 13.4. The number of ether oxygens (including phenoxy) is 1. The second kappa shape index (κ2) is 5.17. The molecule has 2 aromatic heterocycles. The maximum atomic E-state index is 11.1. The van der Waals surface area contributed by atoms with Gasteiger partial charge in [-0.2, -0.15) is 0 Å². The van der Waals surface area contributed by atoms with Crippen molar-refractivity contribution in [3.8, 4) is 5.75 Å². The van der Waals surface area contributed by atoms with E-state index in [0.29, 0.717) is 12.3 Å². The zero-order valence-electron chi connectivity index (χ0n) is 11.1. The number of para-hydroxylation sites is 1. The minimum absolute atomic E-state index is 0.322. The highest BCUT2D eigenvalue weighted by Gasteiger charge is 2.12. The standard InChI is InChI=1S/C16H14N2O2/c1-12-6-5-9-18-15(17-14(10-19)16(12)18)11-20-13-7-3-2-4-8-13/h2-10H,11H2,1H3. The van der Waals surface area contributed by atoms with Crippen LogP contribution in [0.3, 0.4) is 0 Å². The number of imidazole rings is 1. The molecule has 0 aliphatic carbocycles. The van der Waals surface area contributed by atoms with Gasteiger partial charge >= 0.3 is 0 Å². The molecule has 20 heavy (non-hydrogen) atoms. The number of pyridine rings is 1. The summed E-state index contributed by atoms with van der Waals surface area (Å²) in [4.78, 5) is 15.5. The summed E-state index contributed by atoms with van der Waals surface area (Å²) in [5, 5.41) is 0. The van der Waals surface area contributed by atoms with Crippen molar-refractivity contribution in [2.75, 3.05) is 0 Å². The monoisotopic (exact) mass is 266 g/mol. The first-order valence-electron chi connectivity index (χ1n) is 6.39. The minimum atomic E-state index is 0.322. The first-order chi connectivity index (χ1) is 9.79. The van der Waals surface area contributed by atoms with E-state index in [9.17, 15) is 4.79 Å². The van der Waals surface area contributed by atoms with Crippen LogP contribution in [0.5, 0.6) is 5.75 Å². The zero-order chi connectivity index (χ0) is 13.9. The number of benzene rings is 1. The van der Waals surface area contributed by atoms with Crippen molar-refractivity contribution in [3.63, 3.8) is 0 Å². The van der Waals surface area contributed by atoms with Gasteiger partial charge in [0.1, 0.15) is 18.1 Å². The number of aldehydes is 1. The normalized spacial score (nSPS) is 10.7. The lowest BCUT2D eigenvalue weighted by Crippen LogP contribution is -2.01. The first kappa shape index (κ1) is 12.4. The van der Waals surface area contributed by atoms with E-state index in [2.05, 4.69) is 4.98 Å². The molecule has 0 aliphatic heterocycles. The van der Waals surface area contributed by atoms with Crippen LogP contribution < -0.4 is 4.74 Å². The number of hydrogen-bond donors (Lipinski definition) is 0. The molecule has 4 heteroatoms. The van der Waals surface area contributed by atoms with E-state index >= 15 is 0 Å². The quantitative estimate of drug-likeness (QED) is 0.682. The number of hydrogen-bond acceptors (Lipinski definition) is 3. The number of carbonyl (C=O) groups excluding carboxylic acids is 1. The van der Waals surface area contributed by atoms with Crippen LogP contribution in [-0.4, -0.2) is 15.7 Å². The molecule has 0 aliphatic rings. The Bertz CT molecular complexity index is 748. The molecule has 1 aromatic carbocycles. The van der Waals surface area contributed by atoms with Crippen LogP contribution in [0, 0.1) is 6.92 Å². The molecular weight excluding hydrogens is 252 g/mol. The highest BCUT2D eigenvalue weighted by atomic mass is 16.5. The Morgan fingerprint density at radius 3 is 2.75 bits per heavy atom. The second-order valence-corrected chi connectivity index (χ2v) is 4.54. The van der Waals surface area contributed by atoms with Crippen molar-refractivity contribution in [1.82, 2.24) is 9.38 Å². The zero-order valence-corrected chi connectivity index (χ0v) is 11.1. The number of nitrogens with zero attached hydrogens (tertiary/aromatic N) is 2. The van der Waals surface area contributed by atoms with Crippen molar-refractivity contribution >= 4 is 11.8 Å². The molecule has 0 radical (unpaired) electrons. The molecule has 3 aromatic rings. The molecule has 4 nitrogen and oxygen atoms in total.